The molecule has 3 nitrogen and oxygen atoms in total. The zero-order valence-corrected chi connectivity index (χ0v) is 14.3. The van der Waals surface area contributed by atoms with E-state index in [0.717, 1.165) is 37.6 Å². The molecule has 1 aliphatic rings. The van der Waals surface area contributed by atoms with Crippen molar-refractivity contribution in [3.05, 3.63) is 65.2 Å². The Bertz CT molecular complexity index is 740. The molecule has 25 heavy (non-hydrogen) atoms. The maximum absolute atomic E-state index is 13.5. The highest BCUT2D eigenvalue weighted by Crippen LogP contribution is 2.21. The second-order valence-electron chi connectivity index (χ2n) is 6.31. The molecule has 1 saturated heterocycles. The summed E-state index contributed by atoms with van der Waals surface area (Å²) in [5, 5.41) is 0. The van der Waals surface area contributed by atoms with E-state index < -0.39 is 11.6 Å². The van der Waals surface area contributed by atoms with Crippen molar-refractivity contribution in [2.75, 3.05) is 24.5 Å². The van der Waals surface area contributed by atoms with Crippen LogP contribution in [0.3, 0.4) is 0 Å². The number of likely N-dealkylation sites (tertiary alicyclic amines) is 1. The Balaban J connectivity index is 1.70. The van der Waals surface area contributed by atoms with Crippen molar-refractivity contribution in [3.8, 4) is 0 Å². The summed E-state index contributed by atoms with van der Waals surface area (Å²) < 4.78 is 26.6. The van der Waals surface area contributed by atoms with Crippen molar-refractivity contribution in [2.24, 2.45) is 0 Å². The largest absolute Gasteiger partial charge is 0.367 e. The molecule has 0 aliphatic carbocycles. The number of benzene rings is 2. The lowest BCUT2D eigenvalue weighted by Gasteiger charge is -2.23. The zero-order valence-electron chi connectivity index (χ0n) is 14.3. The minimum Gasteiger partial charge on any atom is -0.367 e. The monoisotopic (exact) mass is 344 g/mol. The summed E-state index contributed by atoms with van der Waals surface area (Å²) in [7, 11) is 0. The average Bonchev–Trinajstić information content (AvgIpc) is 3.17. The summed E-state index contributed by atoms with van der Waals surface area (Å²) in [5.74, 6) is -1.61. The molecule has 132 valence electrons. The van der Waals surface area contributed by atoms with Gasteiger partial charge >= 0.3 is 0 Å². The van der Waals surface area contributed by atoms with Gasteiger partial charge in [0, 0.05) is 43.5 Å². The minimum absolute atomic E-state index is 0.0806. The molecular weight excluding hydrogens is 322 g/mol. The van der Waals surface area contributed by atoms with Crippen molar-refractivity contribution in [3.63, 3.8) is 0 Å². The number of halogens is 2. The molecule has 1 heterocycles. The molecule has 0 radical (unpaired) electrons. The van der Waals surface area contributed by atoms with Gasteiger partial charge in [-0.05, 0) is 49.6 Å². The average molecular weight is 344 g/mol. The molecular formula is C20H22F2N2O. The van der Waals surface area contributed by atoms with Crippen LogP contribution in [-0.4, -0.2) is 30.4 Å². The molecule has 3 rings (SSSR count). The van der Waals surface area contributed by atoms with Crippen molar-refractivity contribution in [1.82, 2.24) is 4.90 Å². The first-order valence-corrected chi connectivity index (χ1v) is 8.66. The van der Waals surface area contributed by atoms with Gasteiger partial charge in [0.25, 0.3) is 5.91 Å². The number of rotatable bonds is 5. The predicted octanol–water partition coefficient (Wildman–Crippen LogP) is 4.23. The van der Waals surface area contributed by atoms with Crippen molar-refractivity contribution in [2.45, 2.75) is 26.3 Å². The molecule has 2 aromatic rings. The van der Waals surface area contributed by atoms with Crippen molar-refractivity contribution in [1.29, 1.82) is 0 Å². The summed E-state index contributed by atoms with van der Waals surface area (Å²) in [4.78, 5) is 16.2. The fourth-order valence-corrected chi connectivity index (χ4v) is 3.14. The molecule has 0 bridgehead atoms. The number of hydrogen-bond acceptors (Lipinski definition) is 2. The quantitative estimate of drug-likeness (QED) is 0.810. The molecule has 0 N–H and O–H groups in total. The van der Waals surface area contributed by atoms with Gasteiger partial charge in [-0.15, -0.1) is 0 Å². The fraction of sp³-hybridized carbons (Fsp3) is 0.350. The van der Waals surface area contributed by atoms with Crippen LogP contribution in [0.1, 0.15) is 35.7 Å². The number of carbonyl (C=O) groups is 1. The van der Waals surface area contributed by atoms with Crippen LogP contribution in [0, 0.1) is 11.6 Å². The topological polar surface area (TPSA) is 23.6 Å². The van der Waals surface area contributed by atoms with E-state index in [-0.39, 0.29) is 5.91 Å². The Hall–Kier alpha value is -2.43. The number of amides is 1. The third-order valence-electron chi connectivity index (χ3n) is 4.62. The Kier molecular flexibility index (Phi) is 5.31. The van der Waals surface area contributed by atoms with E-state index in [0.29, 0.717) is 24.3 Å². The zero-order chi connectivity index (χ0) is 17.8. The molecule has 1 aliphatic heterocycles. The maximum Gasteiger partial charge on any atom is 0.253 e. The van der Waals surface area contributed by atoms with Crippen LogP contribution in [0.15, 0.2) is 42.5 Å². The van der Waals surface area contributed by atoms with Crippen LogP contribution >= 0.6 is 0 Å². The predicted molar refractivity (Wildman–Crippen MR) is 94.7 cm³/mol. The molecule has 0 aromatic heterocycles. The summed E-state index contributed by atoms with van der Waals surface area (Å²) in [6.45, 7) is 4.87. The second-order valence-corrected chi connectivity index (χ2v) is 6.31. The Labute approximate surface area is 146 Å². The molecule has 0 saturated carbocycles. The van der Waals surface area contributed by atoms with E-state index >= 15 is 0 Å². The number of carbonyl (C=O) groups excluding carboxylic acids is 1. The van der Waals surface area contributed by atoms with Gasteiger partial charge in [-0.25, -0.2) is 8.78 Å². The van der Waals surface area contributed by atoms with Gasteiger partial charge in [0.2, 0.25) is 0 Å². The van der Waals surface area contributed by atoms with Gasteiger partial charge < -0.3 is 9.80 Å². The van der Waals surface area contributed by atoms with Gasteiger partial charge in [0.15, 0.2) is 11.6 Å². The highest BCUT2D eigenvalue weighted by molar-refractivity contribution is 5.94. The molecule has 0 atom stereocenters. The fourth-order valence-electron chi connectivity index (χ4n) is 3.14. The summed E-state index contributed by atoms with van der Waals surface area (Å²) in [6.07, 6.45) is 2.15. The maximum atomic E-state index is 13.5. The lowest BCUT2D eigenvalue weighted by molar-refractivity contribution is 0.0793. The first-order chi connectivity index (χ1) is 12.1. The molecule has 2 aromatic carbocycles. The van der Waals surface area contributed by atoms with Crippen LogP contribution in [0.25, 0.3) is 0 Å². The normalized spacial score (nSPS) is 14.0. The number of nitrogens with zero attached hydrogens (tertiary/aromatic N) is 2. The van der Waals surface area contributed by atoms with E-state index in [2.05, 4.69) is 0 Å². The van der Waals surface area contributed by atoms with Gasteiger partial charge in [0.05, 0.1) is 0 Å². The number of hydrogen-bond donors (Lipinski definition) is 0. The van der Waals surface area contributed by atoms with Crippen LogP contribution < -0.4 is 4.90 Å². The van der Waals surface area contributed by atoms with Crippen molar-refractivity contribution < 1.29 is 13.6 Å². The van der Waals surface area contributed by atoms with Crippen molar-refractivity contribution >= 4 is 11.6 Å². The van der Waals surface area contributed by atoms with Gasteiger partial charge in [-0.1, -0.05) is 12.1 Å². The van der Waals surface area contributed by atoms with Gasteiger partial charge in [0.1, 0.15) is 0 Å². The molecule has 0 spiro atoms. The highest BCUT2D eigenvalue weighted by atomic mass is 19.2. The Morgan fingerprint density at radius 1 is 1.04 bits per heavy atom. The highest BCUT2D eigenvalue weighted by Gasteiger charge is 2.19. The van der Waals surface area contributed by atoms with E-state index in [1.165, 1.54) is 6.07 Å². The van der Waals surface area contributed by atoms with Crippen LogP contribution in [0.2, 0.25) is 0 Å². The summed E-state index contributed by atoms with van der Waals surface area (Å²) in [6, 6.07) is 11.5. The first-order valence-electron chi connectivity index (χ1n) is 8.66. The van der Waals surface area contributed by atoms with E-state index in [1.807, 2.05) is 41.0 Å². The molecule has 1 fully saturated rings. The summed E-state index contributed by atoms with van der Waals surface area (Å²) >= 11 is 0. The third-order valence-corrected chi connectivity index (χ3v) is 4.62. The third kappa shape index (κ3) is 3.98. The molecule has 5 heteroatoms. The van der Waals surface area contributed by atoms with Crippen LogP contribution in [0.5, 0.6) is 0 Å². The van der Waals surface area contributed by atoms with Crippen LogP contribution in [0.4, 0.5) is 14.5 Å². The lowest BCUT2D eigenvalue weighted by Crippen LogP contribution is -2.27. The standard InChI is InChI=1S/C20H22F2N2O/c1-2-23(17-9-10-18(21)19(22)13-17)14-15-5-7-16(8-6-15)20(25)24-11-3-4-12-24/h5-10,13H,2-4,11-12,14H2,1H3. The SMILES string of the molecule is CCN(Cc1ccc(C(=O)N2CCCC2)cc1)c1ccc(F)c(F)c1. The lowest BCUT2D eigenvalue weighted by atomic mass is 10.1. The minimum atomic E-state index is -0.845. The van der Waals surface area contributed by atoms with Gasteiger partial charge in [-0.2, -0.15) is 0 Å². The second kappa shape index (κ2) is 7.64. The van der Waals surface area contributed by atoms with E-state index in [9.17, 15) is 13.6 Å². The van der Waals surface area contributed by atoms with Crippen LogP contribution in [-0.2, 0) is 6.54 Å². The Morgan fingerprint density at radius 3 is 2.32 bits per heavy atom. The smallest absolute Gasteiger partial charge is 0.253 e. The van der Waals surface area contributed by atoms with Gasteiger partial charge in [-0.3, -0.25) is 4.79 Å². The molecule has 0 unspecified atom stereocenters. The van der Waals surface area contributed by atoms with E-state index in [4.69, 9.17) is 0 Å². The Morgan fingerprint density at radius 2 is 1.72 bits per heavy atom. The number of anilines is 1. The summed E-state index contributed by atoms with van der Waals surface area (Å²) in [5.41, 5.74) is 2.35. The van der Waals surface area contributed by atoms with E-state index in [1.54, 1.807) is 6.07 Å². The molecule has 1 amide bonds. The first kappa shape index (κ1) is 17.4.